The molecule has 1 fully saturated rings. The number of hydrogen-bond donors (Lipinski definition) is 1. The number of rotatable bonds is 5. The lowest BCUT2D eigenvalue weighted by molar-refractivity contribution is -0.129. The second-order valence-corrected chi connectivity index (χ2v) is 5.62. The van der Waals surface area contributed by atoms with Crippen molar-refractivity contribution in [1.82, 2.24) is 10.2 Å². The zero-order valence-corrected chi connectivity index (χ0v) is 13.0. The van der Waals surface area contributed by atoms with E-state index in [1.54, 1.807) is 17.0 Å². The smallest absolute Gasteiger partial charge is 0.241 e. The van der Waals surface area contributed by atoms with Crippen molar-refractivity contribution in [1.29, 1.82) is 0 Å². The number of carbonyl (C=O) groups excluding carboxylic acids is 1. The van der Waals surface area contributed by atoms with E-state index in [0.29, 0.717) is 13.1 Å². The van der Waals surface area contributed by atoms with Crippen molar-refractivity contribution in [3.05, 3.63) is 29.6 Å². The van der Waals surface area contributed by atoms with Gasteiger partial charge in [0.25, 0.3) is 0 Å². The summed E-state index contributed by atoms with van der Waals surface area (Å²) in [6, 6.07) is 4.89. The van der Waals surface area contributed by atoms with E-state index in [1.165, 1.54) is 6.07 Å². The van der Waals surface area contributed by atoms with Gasteiger partial charge in [-0.2, -0.15) is 0 Å². The van der Waals surface area contributed by atoms with E-state index in [4.69, 9.17) is 0 Å². The van der Waals surface area contributed by atoms with Crippen molar-refractivity contribution in [3.63, 3.8) is 0 Å². The van der Waals surface area contributed by atoms with Gasteiger partial charge >= 0.3 is 0 Å². The molecule has 1 amide bonds. The minimum absolute atomic E-state index is 0.0606. The number of carbonyl (C=O) groups is 1. The molecule has 0 bridgehead atoms. The Hall–Kier alpha value is -1.62. The molecule has 1 aromatic carbocycles. The summed E-state index contributed by atoms with van der Waals surface area (Å²) < 4.78 is 13.6. The van der Waals surface area contributed by atoms with E-state index in [0.717, 1.165) is 30.8 Å². The molecule has 1 heterocycles. The van der Waals surface area contributed by atoms with Crippen molar-refractivity contribution in [2.75, 3.05) is 38.1 Å². The van der Waals surface area contributed by atoms with E-state index >= 15 is 0 Å². The summed E-state index contributed by atoms with van der Waals surface area (Å²) in [6.07, 6.45) is 1.03. The van der Waals surface area contributed by atoms with Crippen molar-refractivity contribution in [2.24, 2.45) is 0 Å². The zero-order valence-electron chi connectivity index (χ0n) is 13.0. The van der Waals surface area contributed by atoms with Crippen LogP contribution in [0.25, 0.3) is 0 Å². The minimum Gasteiger partial charge on any atom is -0.360 e. The van der Waals surface area contributed by atoms with E-state index in [-0.39, 0.29) is 17.8 Å². The summed E-state index contributed by atoms with van der Waals surface area (Å²) in [5.74, 6) is -0.134. The van der Waals surface area contributed by atoms with E-state index in [2.05, 4.69) is 12.2 Å². The topological polar surface area (TPSA) is 35.6 Å². The number of nitrogens with zero attached hydrogens (tertiary/aromatic N) is 2. The molecule has 0 aromatic heterocycles. The Labute approximate surface area is 125 Å². The standard InChI is InChI=1S/C16H24FN3O/c1-4-7-18-12(2)14-10-13(17)5-6-15(14)20-9-8-19(3)16(21)11-20/h5-6,10,12,18H,4,7-9,11H2,1-3H3. The molecule has 21 heavy (non-hydrogen) atoms. The number of hydrogen-bond acceptors (Lipinski definition) is 3. The number of amides is 1. The van der Waals surface area contributed by atoms with Crippen LogP contribution in [0.3, 0.4) is 0 Å². The van der Waals surface area contributed by atoms with Crippen LogP contribution < -0.4 is 10.2 Å². The van der Waals surface area contributed by atoms with Gasteiger partial charge in [0.15, 0.2) is 0 Å². The van der Waals surface area contributed by atoms with Crippen LogP contribution in [0.4, 0.5) is 10.1 Å². The van der Waals surface area contributed by atoms with Crippen LogP contribution in [0.5, 0.6) is 0 Å². The van der Waals surface area contributed by atoms with Crippen molar-refractivity contribution in [3.8, 4) is 0 Å². The fourth-order valence-corrected chi connectivity index (χ4v) is 2.60. The summed E-state index contributed by atoms with van der Waals surface area (Å²) >= 11 is 0. The average Bonchev–Trinajstić information content (AvgIpc) is 2.47. The molecule has 1 aliphatic rings. The summed E-state index contributed by atoms with van der Waals surface area (Å²) in [6.45, 7) is 6.86. The van der Waals surface area contributed by atoms with E-state index in [9.17, 15) is 9.18 Å². The summed E-state index contributed by atoms with van der Waals surface area (Å²) in [5.41, 5.74) is 1.87. The molecule has 1 atom stereocenters. The third-order valence-corrected chi connectivity index (χ3v) is 3.95. The van der Waals surface area contributed by atoms with Crippen LogP contribution in [0, 0.1) is 5.82 Å². The molecule has 2 rings (SSSR count). The summed E-state index contributed by atoms with van der Waals surface area (Å²) in [7, 11) is 1.82. The van der Waals surface area contributed by atoms with Crippen LogP contribution in [0.1, 0.15) is 31.9 Å². The highest BCUT2D eigenvalue weighted by Gasteiger charge is 2.24. The quantitative estimate of drug-likeness (QED) is 0.903. The largest absolute Gasteiger partial charge is 0.360 e. The molecule has 4 nitrogen and oxygen atoms in total. The van der Waals surface area contributed by atoms with Crippen molar-refractivity contribution in [2.45, 2.75) is 26.3 Å². The maximum Gasteiger partial charge on any atom is 0.241 e. The number of nitrogens with one attached hydrogen (secondary N) is 1. The fourth-order valence-electron chi connectivity index (χ4n) is 2.60. The average molecular weight is 293 g/mol. The molecule has 1 saturated heterocycles. The molecular weight excluding hydrogens is 269 g/mol. The van der Waals surface area contributed by atoms with Gasteiger partial charge < -0.3 is 15.1 Å². The molecule has 1 aromatic rings. The first kappa shape index (κ1) is 15.8. The lowest BCUT2D eigenvalue weighted by atomic mass is 10.0. The monoisotopic (exact) mass is 293 g/mol. The number of likely N-dealkylation sites (N-methyl/N-ethyl adjacent to an activating group) is 1. The van der Waals surface area contributed by atoms with Gasteiger partial charge in [-0.05, 0) is 43.7 Å². The van der Waals surface area contributed by atoms with Gasteiger partial charge in [0.2, 0.25) is 5.91 Å². The number of benzene rings is 1. The van der Waals surface area contributed by atoms with Gasteiger partial charge in [0.1, 0.15) is 5.82 Å². The predicted molar refractivity (Wildman–Crippen MR) is 83.0 cm³/mol. The van der Waals surface area contributed by atoms with Crippen molar-refractivity contribution >= 4 is 11.6 Å². The van der Waals surface area contributed by atoms with Gasteiger partial charge in [-0.15, -0.1) is 0 Å². The molecule has 116 valence electrons. The molecule has 1 N–H and O–H groups in total. The SMILES string of the molecule is CCCNC(C)c1cc(F)ccc1N1CCN(C)C(=O)C1. The molecule has 1 unspecified atom stereocenters. The predicted octanol–water partition coefficient (Wildman–Crippen LogP) is 2.16. The van der Waals surface area contributed by atoms with Crippen LogP contribution in [0.15, 0.2) is 18.2 Å². The van der Waals surface area contributed by atoms with Gasteiger partial charge in [0.05, 0.1) is 6.54 Å². The zero-order chi connectivity index (χ0) is 15.4. The highest BCUT2D eigenvalue weighted by molar-refractivity contribution is 5.83. The number of halogens is 1. The van der Waals surface area contributed by atoms with Gasteiger partial charge in [0, 0.05) is 31.9 Å². The van der Waals surface area contributed by atoms with Gasteiger partial charge in [-0.25, -0.2) is 4.39 Å². The molecule has 0 radical (unpaired) electrons. The lowest BCUT2D eigenvalue weighted by Crippen LogP contribution is -2.49. The van der Waals surface area contributed by atoms with E-state index < -0.39 is 0 Å². The van der Waals surface area contributed by atoms with Crippen LogP contribution in [-0.2, 0) is 4.79 Å². The molecule has 0 saturated carbocycles. The lowest BCUT2D eigenvalue weighted by Gasteiger charge is -2.35. The second-order valence-electron chi connectivity index (χ2n) is 5.62. The highest BCUT2D eigenvalue weighted by Crippen LogP contribution is 2.28. The number of anilines is 1. The third kappa shape index (κ3) is 3.73. The molecule has 1 aliphatic heterocycles. The minimum atomic E-state index is -0.237. The summed E-state index contributed by atoms with van der Waals surface area (Å²) in [4.78, 5) is 15.7. The Kier molecular flexibility index (Phi) is 5.17. The third-order valence-electron chi connectivity index (χ3n) is 3.95. The molecular formula is C16H24FN3O. The van der Waals surface area contributed by atoms with Crippen LogP contribution in [-0.4, -0.2) is 44.0 Å². The maximum absolute atomic E-state index is 13.6. The van der Waals surface area contributed by atoms with Crippen molar-refractivity contribution < 1.29 is 9.18 Å². The first-order valence-corrected chi connectivity index (χ1v) is 7.54. The van der Waals surface area contributed by atoms with Gasteiger partial charge in [-0.1, -0.05) is 6.92 Å². The second kappa shape index (κ2) is 6.89. The van der Waals surface area contributed by atoms with E-state index in [1.807, 2.05) is 18.9 Å². The highest BCUT2D eigenvalue weighted by atomic mass is 19.1. The summed E-state index contributed by atoms with van der Waals surface area (Å²) in [5, 5.41) is 3.39. The van der Waals surface area contributed by atoms with Crippen LogP contribution in [0.2, 0.25) is 0 Å². The Morgan fingerprint density at radius 2 is 2.14 bits per heavy atom. The molecule has 0 aliphatic carbocycles. The molecule has 5 heteroatoms. The normalized spacial score (nSPS) is 17.2. The Balaban J connectivity index is 2.24. The Morgan fingerprint density at radius 3 is 2.81 bits per heavy atom. The Morgan fingerprint density at radius 1 is 1.38 bits per heavy atom. The number of piperazine rings is 1. The fraction of sp³-hybridized carbons (Fsp3) is 0.562. The Bertz CT molecular complexity index is 506. The van der Waals surface area contributed by atoms with Crippen LogP contribution >= 0.6 is 0 Å². The molecule has 0 spiro atoms. The maximum atomic E-state index is 13.6. The van der Waals surface area contributed by atoms with Gasteiger partial charge in [-0.3, -0.25) is 4.79 Å². The first-order valence-electron chi connectivity index (χ1n) is 7.54. The first-order chi connectivity index (χ1) is 10.0.